The minimum Gasteiger partial charge on any atom is -0.469 e. The average Bonchev–Trinajstić information content (AvgIpc) is 2.38. The summed E-state index contributed by atoms with van der Waals surface area (Å²) in [4.78, 5) is 13.2. The molecule has 1 aromatic carbocycles. The second kappa shape index (κ2) is 7.48. The normalized spacial score (nSPS) is 10.7. The van der Waals surface area contributed by atoms with E-state index >= 15 is 0 Å². The number of carbonyl (C=O) groups excluding carboxylic acids is 1. The Hall–Kier alpha value is -0.940. The number of rotatable bonds is 6. The lowest BCUT2D eigenvalue weighted by Crippen LogP contribution is -2.26. The van der Waals surface area contributed by atoms with Crippen LogP contribution in [0.2, 0.25) is 0 Å². The van der Waals surface area contributed by atoms with Crippen LogP contribution in [0.15, 0.2) is 22.7 Å². The molecule has 3 nitrogen and oxygen atoms in total. The highest BCUT2D eigenvalue weighted by Gasteiger charge is 2.11. The molecule has 18 heavy (non-hydrogen) atoms. The minimum absolute atomic E-state index is 0.230. The molecule has 0 N–H and O–H groups in total. The summed E-state index contributed by atoms with van der Waals surface area (Å²) >= 11 is 3.24. The van der Waals surface area contributed by atoms with Crippen molar-refractivity contribution >= 4 is 21.9 Å². The van der Waals surface area contributed by atoms with E-state index < -0.39 is 0 Å². The molecule has 0 saturated carbocycles. The first-order chi connectivity index (χ1) is 8.58. The quantitative estimate of drug-likeness (QED) is 0.755. The second-order valence-electron chi connectivity index (χ2n) is 3.91. The van der Waals surface area contributed by atoms with Gasteiger partial charge in [0.25, 0.3) is 0 Å². The van der Waals surface area contributed by atoms with Gasteiger partial charge in [0.2, 0.25) is 0 Å². The van der Waals surface area contributed by atoms with Crippen LogP contribution in [0, 0.1) is 5.82 Å². The molecule has 0 aliphatic carbocycles. The van der Waals surface area contributed by atoms with Crippen LogP contribution in [-0.4, -0.2) is 31.1 Å². The number of methoxy groups -OCH3 is 1. The van der Waals surface area contributed by atoms with Crippen LogP contribution in [-0.2, 0) is 16.1 Å². The van der Waals surface area contributed by atoms with Crippen LogP contribution in [0.5, 0.6) is 0 Å². The Labute approximate surface area is 115 Å². The minimum atomic E-state index is -0.267. The SMILES string of the molecule is CCN(CCC(=O)OC)Cc1cccc(F)c1Br. The summed E-state index contributed by atoms with van der Waals surface area (Å²) in [6, 6.07) is 4.97. The highest BCUT2D eigenvalue weighted by atomic mass is 79.9. The molecule has 0 unspecified atom stereocenters. The number of halogens is 2. The van der Waals surface area contributed by atoms with Crippen LogP contribution in [0.25, 0.3) is 0 Å². The molecule has 0 bridgehead atoms. The van der Waals surface area contributed by atoms with Gasteiger partial charge in [-0.2, -0.15) is 0 Å². The van der Waals surface area contributed by atoms with Crippen molar-refractivity contribution in [3.63, 3.8) is 0 Å². The van der Waals surface area contributed by atoms with Crippen molar-refractivity contribution in [2.75, 3.05) is 20.2 Å². The van der Waals surface area contributed by atoms with E-state index in [4.69, 9.17) is 0 Å². The van der Waals surface area contributed by atoms with Crippen molar-refractivity contribution in [2.45, 2.75) is 19.9 Å². The summed E-state index contributed by atoms with van der Waals surface area (Å²) in [6.07, 6.45) is 0.345. The third-order valence-corrected chi connectivity index (χ3v) is 3.62. The van der Waals surface area contributed by atoms with Gasteiger partial charge < -0.3 is 4.74 Å². The maximum atomic E-state index is 13.4. The topological polar surface area (TPSA) is 29.5 Å². The van der Waals surface area contributed by atoms with Crippen LogP contribution < -0.4 is 0 Å². The fraction of sp³-hybridized carbons (Fsp3) is 0.462. The highest BCUT2D eigenvalue weighted by molar-refractivity contribution is 9.10. The van der Waals surface area contributed by atoms with E-state index in [0.29, 0.717) is 24.0 Å². The second-order valence-corrected chi connectivity index (χ2v) is 4.70. The summed E-state index contributed by atoms with van der Waals surface area (Å²) < 4.78 is 18.5. The van der Waals surface area contributed by atoms with Crippen molar-refractivity contribution in [3.8, 4) is 0 Å². The predicted molar refractivity (Wildman–Crippen MR) is 71.7 cm³/mol. The van der Waals surface area contributed by atoms with Crippen molar-refractivity contribution in [3.05, 3.63) is 34.1 Å². The molecule has 0 fully saturated rings. The lowest BCUT2D eigenvalue weighted by atomic mass is 10.2. The zero-order chi connectivity index (χ0) is 13.5. The number of esters is 1. The van der Waals surface area contributed by atoms with Gasteiger partial charge in [0, 0.05) is 13.1 Å². The molecule has 0 aromatic heterocycles. The maximum absolute atomic E-state index is 13.4. The molecule has 0 atom stereocenters. The molecule has 0 aliphatic rings. The molecule has 0 radical (unpaired) electrons. The van der Waals surface area contributed by atoms with E-state index in [-0.39, 0.29) is 11.8 Å². The average molecular weight is 318 g/mol. The largest absolute Gasteiger partial charge is 0.469 e. The number of nitrogens with zero attached hydrogens (tertiary/aromatic N) is 1. The zero-order valence-corrected chi connectivity index (χ0v) is 12.2. The third-order valence-electron chi connectivity index (χ3n) is 2.73. The lowest BCUT2D eigenvalue weighted by molar-refractivity contribution is -0.141. The fourth-order valence-corrected chi connectivity index (χ4v) is 2.00. The molecular formula is C13H17BrFNO2. The first-order valence-corrected chi connectivity index (χ1v) is 6.59. The van der Waals surface area contributed by atoms with Crippen molar-refractivity contribution in [2.24, 2.45) is 0 Å². The lowest BCUT2D eigenvalue weighted by Gasteiger charge is -2.20. The molecule has 0 amide bonds. The predicted octanol–water partition coefficient (Wildman–Crippen LogP) is 2.97. The van der Waals surface area contributed by atoms with Gasteiger partial charge in [-0.25, -0.2) is 4.39 Å². The Morgan fingerprint density at radius 3 is 2.83 bits per heavy atom. The summed E-state index contributed by atoms with van der Waals surface area (Å²) in [6.45, 7) is 4.00. The van der Waals surface area contributed by atoms with Crippen molar-refractivity contribution in [1.29, 1.82) is 0 Å². The number of carbonyl (C=O) groups is 1. The highest BCUT2D eigenvalue weighted by Crippen LogP contribution is 2.21. The Morgan fingerprint density at radius 1 is 1.50 bits per heavy atom. The Balaban J connectivity index is 2.62. The molecule has 0 aliphatic heterocycles. The van der Waals surface area contributed by atoms with E-state index in [9.17, 15) is 9.18 Å². The van der Waals surface area contributed by atoms with Crippen LogP contribution >= 0.6 is 15.9 Å². The molecule has 0 heterocycles. The molecule has 0 saturated heterocycles. The standard InChI is InChI=1S/C13H17BrFNO2/c1-3-16(8-7-12(17)18-2)9-10-5-4-6-11(15)13(10)14/h4-6H,3,7-9H2,1-2H3. The zero-order valence-electron chi connectivity index (χ0n) is 10.6. The summed E-state index contributed by atoms with van der Waals surface area (Å²) in [5.74, 6) is -0.497. The first-order valence-electron chi connectivity index (χ1n) is 5.80. The Morgan fingerprint density at radius 2 is 2.22 bits per heavy atom. The van der Waals surface area contributed by atoms with Crippen molar-refractivity contribution < 1.29 is 13.9 Å². The molecule has 100 valence electrons. The van der Waals surface area contributed by atoms with Gasteiger partial charge in [0.1, 0.15) is 5.82 Å². The van der Waals surface area contributed by atoms with Gasteiger partial charge in [-0.1, -0.05) is 19.1 Å². The molecule has 0 spiro atoms. The third kappa shape index (κ3) is 4.38. The van der Waals surface area contributed by atoms with Crippen LogP contribution in [0.3, 0.4) is 0 Å². The van der Waals surface area contributed by atoms with Gasteiger partial charge >= 0.3 is 5.97 Å². The number of benzene rings is 1. The van der Waals surface area contributed by atoms with E-state index in [1.54, 1.807) is 6.07 Å². The van der Waals surface area contributed by atoms with Crippen LogP contribution in [0.4, 0.5) is 4.39 Å². The summed E-state index contributed by atoms with van der Waals surface area (Å²) in [5, 5.41) is 0. The van der Waals surface area contributed by atoms with Gasteiger partial charge in [0.15, 0.2) is 0 Å². The smallest absolute Gasteiger partial charge is 0.306 e. The van der Waals surface area contributed by atoms with Gasteiger partial charge in [-0.15, -0.1) is 0 Å². The molecule has 1 aromatic rings. The van der Waals surface area contributed by atoms with E-state index in [1.807, 2.05) is 13.0 Å². The molecule has 5 heteroatoms. The van der Waals surface area contributed by atoms with E-state index in [1.165, 1.54) is 13.2 Å². The number of ether oxygens (including phenoxy) is 1. The first kappa shape index (κ1) is 15.1. The van der Waals surface area contributed by atoms with E-state index in [2.05, 4.69) is 25.6 Å². The molecule has 1 rings (SSSR count). The monoisotopic (exact) mass is 317 g/mol. The summed E-state index contributed by atoms with van der Waals surface area (Å²) in [5.41, 5.74) is 0.877. The van der Waals surface area contributed by atoms with Gasteiger partial charge in [-0.05, 0) is 34.1 Å². The van der Waals surface area contributed by atoms with Gasteiger partial charge in [0.05, 0.1) is 18.0 Å². The van der Waals surface area contributed by atoms with Crippen LogP contribution in [0.1, 0.15) is 18.9 Å². The fourth-order valence-electron chi connectivity index (χ4n) is 1.61. The number of hydrogen-bond acceptors (Lipinski definition) is 3. The van der Waals surface area contributed by atoms with E-state index in [0.717, 1.165) is 12.1 Å². The Bertz CT molecular complexity index is 412. The maximum Gasteiger partial charge on any atom is 0.306 e. The molecular weight excluding hydrogens is 301 g/mol. The van der Waals surface area contributed by atoms with Gasteiger partial charge in [-0.3, -0.25) is 9.69 Å². The summed E-state index contributed by atoms with van der Waals surface area (Å²) in [7, 11) is 1.38. The number of hydrogen-bond donors (Lipinski definition) is 0. The Kier molecular flexibility index (Phi) is 6.29. The van der Waals surface area contributed by atoms with Crippen molar-refractivity contribution in [1.82, 2.24) is 4.90 Å².